The Morgan fingerprint density at radius 3 is 2.96 bits per heavy atom. The molecule has 0 radical (unpaired) electrons. The van der Waals surface area contributed by atoms with Gasteiger partial charge in [0, 0.05) is 12.3 Å². The van der Waals surface area contributed by atoms with Crippen molar-refractivity contribution in [1.82, 2.24) is 15.5 Å². The maximum Gasteiger partial charge on any atom is 0.298 e. The van der Waals surface area contributed by atoms with Crippen molar-refractivity contribution in [3.8, 4) is 0 Å². The molecule has 1 unspecified atom stereocenters. The van der Waals surface area contributed by atoms with E-state index in [2.05, 4.69) is 20.0 Å². The van der Waals surface area contributed by atoms with Crippen molar-refractivity contribution < 1.29 is 18.1 Å². The Morgan fingerprint density at radius 1 is 1.46 bits per heavy atom. The van der Waals surface area contributed by atoms with Crippen LogP contribution in [-0.4, -0.2) is 16.0 Å². The highest BCUT2D eigenvalue weighted by Crippen LogP contribution is 2.32. The Kier molecular flexibility index (Phi) is 4.34. The highest BCUT2D eigenvalue weighted by Gasteiger charge is 2.34. The van der Waals surface area contributed by atoms with E-state index in [9.17, 15) is 13.6 Å². The Hall–Kier alpha value is -2.31. The SMILES string of the molecule is CC(C)(NC(=O)C1CCCc2cccnc21)c1cc(C(F)F)on1. The largest absolute Gasteiger partial charge is 0.355 e. The number of aromatic nitrogens is 2. The van der Waals surface area contributed by atoms with Crippen LogP contribution >= 0.6 is 0 Å². The minimum atomic E-state index is -2.73. The Balaban J connectivity index is 1.79. The number of alkyl halides is 2. The summed E-state index contributed by atoms with van der Waals surface area (Å²) in [5.41, 5.74) is 1.23. The summed E-state index contributed by atoms with van der Waals surface area (Å²) in [5.74, 6) is -1.02. The fourth-order valence-electron chi connectivity index (χ4n) is 3.01. The van der Waals surface area contributed by atoms with E-state index in [0.29, 0.717) is 6.42 Å². The van der Waals surface area contributed by atoms with Crippen molar-refractivity contribution in [2.45, 2.75) is 51.0 Å². The van der Waals surface area contributed by atoms with Crippen molar-refractivity contribution >= 4 is 5.91 Å². The van der Waals surface area contributed by atoms with Gasteiger partial charge >= 0.3 is 0 Å². The molecule has 2 aromatic heterocycles. The maximum absolute atomic E-state index is 12.7. The average molecular weight is 335 g/mol. The minimum absolute atomic E-state index is 0.179. The van der Waals surface area contributed by atoms with Crippen molar-refractivity contribution in [2.75, 3.05) is 0 Å². The summed E-state index contributed by atoms with van der Waals surface area (Å²) in [4.78, 5) is 17.1. The van der Waals surface area contributed by atoms with Gasteiger partial charge in [0.05, 0.1) is 17.2 Å². The highest BCUT2D eigenvalue weighted by atomic mass is 19.3. The third kappa shape index (κ3) is 3.16. The van der Waals surface area contributed by atoms with Crippen LogP contribution in [0.3, 0.4) is 0 Å². The number of rotatable bonds is 4. The van der Waals surface area contributed by atoms with Crippen LogP contribution < -0.4 is 5.32 Å². The number of aryl methyl sites for hydroxylation is 1. The first-order valence-electron chi connectivity index (χ1n) is 7.89. The number of fused-ring (bicyclic) bond motifs is 1. The van der Waals surface area contributed by atoms with Crippen LogP contribution in [0.2, 0.25) is 0 Å². The summed E-state index contributed by atoms with van der Waals surface area (Å²) >= 11 is 0. The number of nitrogens with zero attached hydrogens (tertiary/aromatic N) is 2. The molecule has 3 rings (SSSR count). The van der Waals surface area contributed by atoms with Crippen molar-refractivity contribution in [1.29, 1.82) is 0 Å². The molecule has 1 atom stereocenters. The van der Waals surface area contributed by atoms with E-state index in [1.54, 1.807) is 20.0 Å². The molecular formula is C17H19F2N3O2. The number of amides is 1. The van der Waals surface area contributed by atoms with Gasteiger partial charge in [-0.2, -0.15) is 0 Å². The molecule has 0 aliphatic heterocycles. The molecule has 1 aliphatic rings. The first-order chi connectivity index (χ1) is 11.4. The van der Waals surface area contributed by atoms with Crippen LogP contribution in [0, 0.1) is 0 Å². The molecule has 0 aromatic carbocycles. The molecule has 0 bridgehead atoms. The number of carbonyl (C=O) groups is 1. The molecule has 128 valence electrons. The predicted octanol–water partition coefficient (Wildman–Crippen LogP) is 3.48. The second-order valence-corrected chi connectivity index (χ2v) is 6.52. The molecule has 0 saturated heterocycles. The second kappa shape index (κ2) is 6.30. The second-order valence-electron chi connectivity index (χ2n) is 6.52. The highest BCUT2D eigenvalue weighted by molar-refractivity contribution is 5.84. The lowest BCUT2D eigenvalue weighted by Crippen LogP contribution is -2.44. The molecule has 2 aromatic rings. The quantitative estimate of drug-likeness (QED) is 0.929. The summed E-state index contributed by atoms with van der Waals surface area (Å²) in [7, 11) is 0. The van der Waals surface area contributed by atoms with Gasteiger partial charge in [0.25, 0.3) is 6.43 Å². The third-order valence-electron chi connectivity index (χ3n) is 4.33. The lowest BCUT2D eigenvalue weighted by atomic mass is 9.85. The van der Waals surface area contributed by atoms with Gasteiger partial charge in [0.15, 0.2) is 0 Å². The zero-order chi connectivity index (χ0) is 17.3. The Bertz CT molecular complexity index is 743. The number of pyridine rings is 1. The van der Waals surface area contributed by atoms with Crippen LogP contribution in [0.25, 0.3) is 0 Å². The molecule has 24 heavy (non-hydrogen) atoms. The summed E-state index contributed by atoms with van der Waals surface area (Å²) in [6.07, 6.45) is 1.50. The van der Waals surface area contributed by atoms with E-state index in [1.165, 1.54) is 6.07 Å². The molecule has 5 nitrogen and oxygen atoms in total. The summed E-state index contributed by atoms with van der Waals surface area (Å²) in [6, 6.07) is 5.03. The van der Waals surface area contributed by atoms with E-state index in [-0.39, 0.29) is 17.5 Å². The van der Waals surface area contributed by atoms with E-state index in [4.69, 9.17) is 0 Å². The number of halogens is 2. The van der Waals surface area contributed by atoms with E-state index in [0.717, 1.165) is 24.1 Å². The van der Waals surface area contributed by atoms with Gasteiger partial charge in [-0.25, -0.2) is 8.78 Å². The zero-order valence-corrected chi connectivity index (χ0v) is 13.6. The molecule has 1 amide bonds. The van der Waals surface area contributed by atoms with Crippen LogP contribution in [-0.2, 0) is 16.8 Å². The lowest BCUT2D eigenvalue weighted by Gasteiger charge is -2.29. The fraction of sp³-hybridized carbons (Fsp3) is 0.471. The van der Waals surface area contributed by atoms with E-state index in [1.807, 2.05) is 12.1 Å². The molecule has 0 saturated carbocycles. The van der Waals surface area contributed by atoms with Gasteiger partial charge in [-0.15, -0.1) is 0 Å². The van der Waals surface area contributed by atoms with Gasteiger partial charge in [-0.1, -0.05) is 11.2 Å². The lowest BCUT2D eigenvalue weighted by molar-refractivity contribution is -0.124. The summed E-state index contributed by atoms with van der Waals surface area (Å²) < 4.78 is 29.9. The van der Waals surface area contributed by atoms with Crippen molar-refractivity contribution in [2.24, 2.45) is 0 Å². The number of carbonyl (C=O) groups excluding carboxylic acids is 1. The van der Waals surface area contributed by atoms with Crippen molar-refractivity contribution in [3.63, 3.8) is 0 Å². The predicted molar refractivity (Wildman–Crippen MR) is 82.5 cm³/mol. The van der Waals surface area contributed by atoms with E-state index >= 15 is 0 Å². The first kappa shape index (κ1) is 16.5. The Morgan fingerprint density at radius 2 is 2.25 bits per heavy atom. The first-order valence-corrected chi connectivity index (χ1v) is 7.89. The number of hydrogen-bond acceptors (Lipinski definition) is 4. The zero-order valence-electron chi connectivity index (χ0n) is 13.6. The van der Waals surface area contributed by atoms with Crippen LogP contribution in [0.1, 0.15) is 61.7 Å². The average Bonchev–Trinajstić information content (AvgIpc) is 3.05. The normalized spacial score (nSPS) is 17.6. The number of hydrogen-bond donors (Lipinski definition) is 1. The number of nitrogens with one attached hydrogen (secondary N) is 1. The molecule has 7 heteroatoms. The monoisotopic (exact) mass is 335 g/mol. The molecule has 0 fully saturated rings. The molecule has 2 heterocycles. The van der Waals surface area contributed by atoms with Gasteiger partial charge < -0.3 is 9.84 Å². The fourth-order valence-corrected chi connectivity index (χ4v) is 3.01. The van der Waals surface area contributed by atoms with Crippen LogP contribution in [0.5, 0.6) is 0 Å². The smallest absolute Gasteiger partial charge is 0.298 e. The van der Waals surface area contributed by atoms with Crippen LogP contribution in [0.4, 0.5) is 8.78 Å². The molecule has 1 N–H and O–H groups in total. The Labute approximate surface area is 138 Å². The third-order valence-corrected chi connectivity index (χ3v) is 4.33. The van der Waals surface area contributed by atoms with Crippen LogP contribution in [0.15, 0.2) is 28.9 Å². The standard InChI is InChI=1S/C17H19F2N3O2/c1-17(2,13-9-12(15(18)19)24-22-13)21-16(23)11-7-3-5-10-6-4-8-20-14(10)11/h4,6,8-9,11,15H,3,5,7H2,1-2H3,(H,21,23). The maximum atomic E-state index is 12.7. The minimum Gasteiger partial charge on any atom is -0.355 e. The molecule has 0 spiro atoms. The van der Waals surface area contributed by atoms with Gasteiger partial charge in [-0.05, 0) is 44.7 Å². The summed E-state index contributed by atoms with van der Waals surface area (Å²) in [6.45, 7) is 3.42. The van der Waals surface area contributed by atoms with E-state index < -0.39 is 17.7 Å². The van der Waals surface area contributed by atoms with Gasteiger partial charge in [-0.3, -0.25) is 9.78 Å². The van der Waals surface area contributed by atoms with Crippen molar-refractivity contribution in [3.05, 3.63) is 47.1 Å². The van der Waals surface area contributed by atoms with Gasteiger partial charge in [0.2, 0.25) is 11.7 Å². The van der Waals surface area contributed by atoms with Gasteiger partial charge in [0.1, 0.15) is 5.69 Å². The summed E-state index contributed by atoms with van der Waals surface area (Å²) in [5, 5.41) is 6.56. The molecule has 1 aliphatic carbocycles. The molecular weight excluding hydrogens is 316 g/mol. The topological polar surface area (TPSA) is 68.0 Å².